The van der Waals surface area contributed by atoms with Crippen molar-refractivity contribution in [2.75, 3.05) is 13.1 Å². The van der Waals surface area contributed by atoms with Crippen LogP contribution in [0.1, 0.15) is 20.3 Å². The van der Waals surface area contributed by atoms with Crippen molar-refractivity contribution < 1.29 is 0 Å². The summed E-state index contributed by atoms with van der Waals surface area (Å²) in [7, 11) is 0. The number of rotatable bonds is 0. The van der Waals surface area contributed by atoms with E-state index in [4.69, 9.17) is 0 Å². The van der Waals surface area contributed by atoms with E-state index in [-0.39, 0.29) is 0 Å². The average Bonchev–Trinajstić information content (AvgIpc) is 2.04. The number of allylic oxidation sites excluding steroid dienone is 1. The van der Waals surface area contributed by atoms with E-state index in [0.717, 1.165) is 19.5 Å². The zero-order chi connectivity index (χ0) is 8.55. The molecular weight excluding hydrogens is 148 g/mol. The highest BCUT2D eigenvalue weighted by Crippen LogP contribution is 2.22. The summed E-state index contributed by atoms with van der Waals surface area (Å²) < 4.78 is 0. The van der Waals surface area contributed by atoms with E-state index in [9.17, 15) is 0 Å². The summed E-state index contributed by atoms with van der Waals surface area (Å²) in [6.45, 7) is 6.46. The van der Waals surface area contributed by atoms with E-state index in [0.29, 0.717) is 12.0 Å². The van der Waals surface area contributed by atoms with Gasteiger partial charge in [-0.1, -0.05) is 18.6 Å². The first-order valence-corrected chi connectivity index (χ1v) is 4.72. The second-order valence-electron chi connectivity index (χ2n) is 3.85. The van der Waals surface area contributed by atoms with Crippen LogP contribution >= 0.6 is 0 Å². The number of hydrogen-bond acceptors (Lipinski definition) is 2. The van der Waals surface area contributed by atoms with E-state index in [1.165, 1.54) is 11.3 Å². The Hall–Kier alpha value is -0.630. The number of hydrogen-bond donors (Lipinski definition) is 1. The van der Waals surface area contributed by atoms with Crippen LogP contribution < -0.4 is 5.32 Å². The van der Waals surface area contributed by atoms with E-state index < -0.39 is 0 Å². The van der Waals surface area contributed by atoms with Gasteiger partial charge in [-0.05, 0) is 19.3 Å². The van der Waals surface area contributed by atoms with E-state index in [1.807, 2.05) is 0 Å². The Balaban J connectivity index is 2.27. The topological polar surface area (TPSA) is 24.4 Å². The van der Waals surface area contributed by atoms with Gasteiger partial charge in [-0.3, -0.25) is 4.99 Å². The van der Waals surface area contributed by atoms with Crippen LogP contribution in [0.2, 0.25) is 0 Å². The molecule has 0 radical (unpaired) electrons. The van der Waals surface area contributed by atoms with Gasteiger partial charge in [0.1, 0.15) is 0 Å². The Morgan fingerprint density at radius 3 is 3.25 bits per heavy atom. The van der Waals surface area contributed by atoms with Crippen LogP contribution in [0.3, 0.4) is 0 Å². The second-order valence-corrected chi connectivity index (χ2v) is 3.85. The minimum atomic E-state index is 0.468. The maximum atomic E-state index is 4.57. The highest BCUT2D eigenvalue weighted by molar-refractivity contribution is 5.94. The smallest absolute Gasteiger partial charge is 0.0664 e. The Morgan fingerprint density at radius 1 is 1.58 bits per heavy atom. The molecule has 12 heavy (non-hydrogen) atoms. The van der Waals surface area contributed by atoms with Gasteiger partial charge in [0.2, 0.25) is 0 Å². The first-order chi connectivity index (χ1) is 5.77. The standard InChI is InChI=1S/C10H16N2/c1-7-5-8(2)10-9(6-7)11-3-4-12-10/h5,7,10,12H,3-4,6H2,1-2H3. The fourth-order valence-corrected chi connectivity index (χ4v) is 2.16. The Morgan fingerprint density at radius 2 is 2.42 bits per heavy atom. The third-order valence-electron chi connectivity index (χ3n) is 2.64. The summed E-state index contributed by atoms with van der Waals surface area (Å²) in [6, 6.07) is 0.468. The molecule has 0 spiro atoms. The summed E-state index contributed by atoms with van der Waals surface area (Å²) >= 11 is 0. The molecule has 1 aliphatic heterocycles. The van der Waals surface area contributed by atoms with Crippen LogP contribution in [0.4, 0.5) is 0 Å². The molecule has 0 aromatic rings. The molecule has 2 heteroatoms. The average molecular weight is 164 g/mol. The van der Waals surface area contributed by atoms with Gasteiger partial charge in [-0.25, -0.2) is 0 Å². The lowest BCUT2D eigenvalue weighted by Gasteiger charge is -2.31. The normalized spacial score (nSPS) is 35.2. The second kappa shape index (κ2) is 3.02. The minimum Gasteiger partial charge on any atom is -0.304 e. The van der Waals surface area contributed by atoms with Crippen LogP contribution in [-0.4, -0.2) is 24.8 Å². The summed E-state index contributed by atoms with van der Waals surface area (Å²) in [5, 5.41) is 3.49. The molecule has 1 aliphatic carbocycles. The molecule has 2 aliphatic rings. The SMILES string of the molecule is CC1=CC(C)CC2=NCCNC12. The quantitative estimate of drug-likeness (QED) is 0.537. The minimum absolute atomic E-state index is 0.468. The first kappa shape index (κ1) is 7.99. The van der Waals surface area contributed by atoms with Crippen LogP contribution in [0.25, 0.3) is 0 Å². The van der Waals surface area contributed by atoms with Crippen LogP contribution in [0.5, 0.6) is 0 Å². The molecular formula is C10H16N2. The predicted molar refractivity (Wildman–Crippen MR) is 51.6 cm³/mol. The molecule has 0 aromatic carbocycles. The molecule has 0 saturated heterocycles. The van der Waals surface area contributed by atoms with Crippen molar-refractivity contribution in [3.05, 3.63) is 11.6 Å². The monoisotopic (exact) mass is 164 g/mol. The lowest BCUT2D eigenvalue weighted by atomic mass is 9.86. The fourth-order valence-electron chi connectivity index (χ4n) is 2.16. The van der Waals surface area contributed by atoms with Crippen LogP contribution in [0.15, 0.2) is 16.6 Å². The van der Waals surface area contributed by atoms with Gasteiger partial charge in [-0.2, -0.15) is 0 Å². The van der Waals surface area contributed by atoms with Crippen molar-refractivity contribution in [3.63, 3.8) is 0 Å². The number of nitrogens with zero attached hydrogens (tertiary/aromatic N) is 1. The molecule has 2 atom stereocenters. The third kappa shape index (κ3) is 1.31. The number of nitrogens with one attached hydrogen (secondary N) is 1. The number of fused-ring (bicyclic) bond motifs is 1. The van der Waals surface area contributed by atoms with Crippen molar-refractivity contribution in [3.8, 4) is 0 Å². The maximum Gasteiger partial charge on any atom is 0.0664 e. The summed E-state index contributed by atoms with van der Waals surface area (Å²) in [4.78, 5) is 4.57. The molecule has 1 heterocycles. The summed E-state index contributed by atoms with van der Waals surface area (Å²) in [5.41, 5.74) is 2.82. The maximum absolute atomic E-state index is 4.57. The number of aliphatic imine (C=N–C) groups is 1. The molecule has 0 bridgehead atoms. The zero-order valence-corrected chi connectivity index (χ0v) is 7.80. The van der Waals surface area contributed by atoms with E-state index in [2.05, 4.69) is 30.2 Å². The van der Waals surface area contributed by atoms with Gasteiger partial charge >= 0.3 is 0 Å². The molecule has 0 fully saturated rings. The van der Waals surface area contributed by atoms with Gasteiger partial charge in [0.15, 0.2) is 0 Å². The molecule has 0 aromatic heterocycles. The van der Waals surface area contributed by atoms with Gasteiger partial charge in [0.25, 0.3) is 0 Å². The van der Waals surface area contributed by atoms with E-state index >= 15 is 0 Å². The zero-order valence-electron chi connectivity index (χ0n) is 7.80. The molecule has 0 saturated carbocycles. The fraction of sp³-hybridized carbons (Fsp3) is 0.700. The van der Waals surface area contributed by atoms with Crippen molar-refractivity contribution >= 4 is 5.71 Å². The molecule has 66 valence electrons. The molecule has 1 N–H and O–H groups in total. The Kier molecular flexibility index (Phi) is 2.01. The molecule has 2 rings (SSSR count). The third-order valence-corrected chi connectivity index (χ3v) is 2.64. The lowest BCUT2D eigenvalue weighted by molar-refractivity contribution is 0.592. The molecule has 2 nitrogen and oxygen atoms in total. The molecule has 0 amide bonds. The highest BCUT2D eigenvalue weighted by atomic mass is 15.0. The predicted octanol–water partition coefficient (Wildman–Crippen LogP) is 1.39. The lowest BCUT2D eigenvalue weighted by Crippen LogP contribution is -2.45. The van der Waals surface area contributed by atoms with Crippen molar-refractivity contribution in [1.82, 2.24) is 5.32 Å². The van der Waals surface area contributed by atoms with Crippen molar-refractivity contribution in [2.45, 2.75) is 26.3 Å². The summed E-state index contributed by atoms with van der Waals surface area (Å²) in [5.74, 6) is 0.680. The van der Waals surface area contributed by atoms with Gasteiger partial charge in [0, 0.05) is 12.3 Å². The van der Waals surface area contributed by atoms with Gasteiger partial charge in [0.05, 0.1) is 12.6 Å². The van der Waals surface area contributed by atoms with Gasteiger partial charge < -0.3 is 5.32 Å². The molecule has 2 unspecified atom stereocenters. The first-order valence-electron chi connectivity index (χ1n) is 4.72. The van der Waals surface area contributed by atoms with Gasteiger partial charge in [-0.15, -0.1) is 0 Å². The Bertz CT molecular complexity index is 240. The van der Waals surface area contributed by atoms with Crippen LogP contribution in [0, 0.1) is 5.92 Å². The van der Waals surface area contributed by atoms with Crippen molar-refractivity contribution in [1.29, 1.82) is 0 Å². The van der Waals surface area contributed by atoms with Crippen LogP contribution in [-0.2, 0) is 0 Å². The van der Waals surface area contributed by atoms with E-state index in [1.54, 1.807) is 0 Å². The largest absolute Gasteiger partial charge is 0.304 e. The Labute approximate surface area is 73.8 Å². The highest BCUT2D eigenvalue weighted by Gasteiger charge is 2.25. The van der Waals surface area contributed by atoms with Crippen molar-refractivity contribution in [2.24, 2.45) is 10.9 Å². The summed E-state index contributed by atoms with van der Waals surface area (Å²) in [6.07, 6.45) is 3.51.